The molecule has 0 heterocycles. The van der Waals surface area contributed by atoms with E-state index in [9.17, 15) is 4.79 Å². The Morgan fingerprint density at radius 1 is 0.857 bits per heavy atom. The minimum atomic E-state index is -0.370. The molecule has 0 N–H and O–H groups in total. The second kappa shape index (κ2) is 6.50. The van der Waals surface area contributed by atoms with E-state index in [0.717, 1.165) is 0 Å². The SMILES string of the molecule is COc1ccc(C(=O)C(=[N+]=[N-])c2ccc(OC)cc2)cc1. The molecule has 106 valence electrons. The van der Waals surface area contributed by atoms with Crippen LogP contribution in [0.15, 0.2) is 48.5 Å². The first kappa shape index (κ1) is 14.5. The van der Waals surface area contributed by atoms with Crippen molar-refractivity contribution in [2.45, 2.75) is 0 Å². The van der Waals surface area contributed by atoms with Gasteiger partial charge in [-0.25, -0.2) is 0 Å². The Kier molecular flexibility index (Phi) is 4.49. The molecule has 21 heavy (non-hydrogen) atoms. The zero-order chi connectivity index (χ0) is 15.2. The summed E-state index contributed by atoms with van der Waals surface area (Å²) in [6.45, 7) is 0. The molecule has 0 aromatic heterocycles. The van der Waals surface area contributed by atoms with Gasteiger partial charge < -0.3 is 15.0 Å². The first-order valence-electron chi connectivity index (χ1n) is 6.25. The quantitative estimate of drug-likeness (QED) is 0.366. The summed E-state index contributed by atoms with van der Waals surface area (Å²) in [7, 11) is 3.10. The summed E-state index contributed by atoms with van der Waals surface area (Å²) >= 11 is 0. The van der Waals surface area contributed by atoms with Crippen molar-refractivity contribution in [3.63, 3.8) is 0 Å². The molecule has 0 amide bonds. The van der Waals surface area contributed by atoms with E-state index in [1.165, 1.54) is 0 Å². The van der Waals surface area contributed by atoms with Gasteiger partial charge in [0.1, 0.15) is 11.5 Å². The van der Waals surface area contributed by atoms with E-state index in [1.54, 1.807) is 62.8 Å². The molecule has 2 aromatic rings. The van der Waals surface area contributed by atoms with Crippen molar-refractivity contribution in [1.82, 2.24) is 0 Å². The van der Waals surface area contributed by atoms with Crippen LogP contribution in [0.5, 0.6) is 11.5 Å². The van der Waals surface area contributed by atoms with Crippen LogP contribution in [0.2, 0.25) is 0 Å². The van der Waals surface area contributed by atoms with Gasteiger partial charge >= 0.3 is 5.71 Å². The minimum absolute atomic E-state index is 0.0252. The molecule has 0 fully saturated rings. The van der Waals surface area contributed by atoms with Crippen molar-refractivity contribution in [2.75, 3.05) is 14.2 Å². The number of Topliss-reactive ketones (excluding diaryl/α,β-unsaturated/α-hetero) is 1. The molecule has 5 heteroatoms. The Balaban J connectivity index is 2.31. The number of methoxy groups -OCH3 is 2. The van der Waals surface area contributed by atoms with Crippen LogP contribution in [0, 0.1) is 0 Å². The molecule has 0 atom stereocenters. The zero-order valence-corrected chi connectivity index (χ0v) is 11.7. The van der Waals surface area contributed by atoms with E-state index >= 15 is 0 Å². The van der Waals surface area contributed by atoms with Crippen LogP contribution >= 0.6 is 0 Å². The molecule has 0 aliphatic carbocycles. The second-order valence-electron chi connectivity index (χ2n) is 4.23. The van der Waals surface area contributed by atoms with Crippen molar-refractivity contribution in [1.29, 1.82) is 0 Å². The number of ketones is 1. The first-order valence-corrected chi connectivity index (χ1v) is 6.25. The lowest BCUT2D eigenvalue weighted by Gasteiger charge is -2.02. The maximum absolute atomic E-state index is 12.4. The number of rotatable bonds is 5. The predicted octanol–water partition coefficient (Wildman–Crippen LogP) is 2.61. The van der Waals surface area contributed by atoms with Gasteiger partial charge in [0, 0.05) is 5.56 Å². The number of benzene rings is 2. The second-order valence-corrected chi connectivity index (χ2v) is 4.23. The van der Waals surface area contributed by atoms with E-state index in [0.29, 0.717) is 22.6 Å². The summed E-state index contributed by atoms with van der Waals surface area (Å²) in [6.07, 6.45) is 0. The maximum atomic E-state index is 12.4. The molecule has 0 aliphatic rings. The summed E-state index contributed by atoms with van der Waals surface area (Å²) in [5.41, 5.74) is 10.1. The lowest BCUT2D eigenvalue weighted by molar-refractivity contribution is -0.00497. The van der Waals surface area contributed by atoms with Crippen LogP contribution in [-0.2, 0) is 0 Å². The van der Waals surface area contributed by atoms with E-state index in [2.05, 4.69) is 4.79 Å². The average Bonchev–Trinajstić information content (AvgIpc) is 2.56. The van der Waals surface area contributed by atoms with Gasteiger partial charge in [0.15, 0.2) is 0 Å². The zero-order valence-electron chi connectivity index (χ0n) is 11.7. The largest absolute Gasteiger partial charge is 0.497 e. The van der Waals surface area contributed by atoms with Crippen LogP contribution in [0.4, 0.5) is 0 Å². The summed E-state index contributed by atoms with van der Waals surface area (Å²) in [6, 6.07) is 13.3. The van der Waals surface area contributed by atoms with Gasteiger partial charge in [0.05, 0.1) is 19.8 Å². The monoisotopic (exact) mass is 282 g/mol. The van der Waals surface area contributed by atoms with E-state index in [1.807, 2.05) is 0 Å². The third kappa shape index (κ3) is 3.16. The molecule has 0 unspecified atom stereocenters. The summed E-state index contributed by atoms with van der Waals surface area (Å²) in [5, 5.41) is 0. The normalized spacial score (nSPS) is 9.62. The van der Waals surface area contributed by atoms with Gasteiger partial charge in [-0.3, -0.25) is 4.79 Å². The molecular formula is C16H14N2O3. The van der Waals surface area contributed by atoms with Crippen LogP contribution in [0.1, 0.15) is 15.9 Å². The molecule has 5 nitrogen and oxygen atoms in total. The van der Waals surface area contributed by atoms with E-state index < -0.39 is 0 Å². The van der Waals surface area contributed by atoms with Crippen molar-refractivity contribution >= 4 is 11.5 Å². The third-order valence-electron chi connectivity index (χ3n) is 3.03. The predicted molar refractivity (Wildman–Crippen MR) is 78.0 cm³/mol. The Morgan fingerprint density at radius 2 is 1.29 bits per heavy atom. The van der Waals surface area contributed by atoms with Gasteiger partial charge in [-0.2, -0.15) is 4.79 Å². The van der Waals surface area contributed by atoms with Crippen LogP contribution in [-0.4, -0.2) is 30.5 Å². The fraction of sp³-hybridized carbons (Fsp3) is 0.125. The fourth-order valence-corrected chi connectivity index (χ4v) is 1.86. The number of hydrogen-bond acceptors (Lipinski definition) is 3. The summed E-state index contributed by atoms with van der Waals surface area (Å²) in [5.74, 6) is 0.941. The maximum Gasteiger partial charge on any atom is 0.369 e. The fourth-order valence-electron chi connectivity index (χ4n) is 1.86. The lowest BCUT2D eigenvalue weighted by atomic mass is 10.0. The molecule has 0 aliphatic heterocycles. The van der Waals surface area contributed by atoms with Crippen LogP contribution in [0.3, 0.4) is 0 Å². The Hall–Kier alpha value is -2.91. The molecule has 0 radical (unpaired) electrons. The smallest absolute Gasteiger partial charge is 0.369 e. The van der Waals surface area contributed by atoms with Crippen LogP contribution < -0.4 is 9.47 Å². The topological polar surface area (TPSA) is 71.9 Å². The minimum Gasteiger partial charge on any atom is -0.497 e. The molecule has 0 bridgehead atoms. The number of nitrogens with zero attached hydrogens (tertiary/aromatic N) is 2. The van der Waals surface area contributed by atoms with Crippen molar-refractivity contribution < 1.29 is 19.1 Å². The standard InChI is InChI=1S/C16H14N2O3/c1-20-13-7-3-11(4-8-13)15(18-17)16(19)12-5-9-14(21-2)10-6-12/h3-10H,1-2H3. The van der Waals surface area contributed by atoms with Crippen molar-refractivity contribution in [3.05, 3.63) is 65.2 Å². The summed E-state index contributed by atoms with van der Waals surface area (Å²) < 4.78 is 10.1. The van der Waals surface area contributed by atoms with Gasteiger partial charge in [-0.15, -0.1) is 0 Å². The Labute approximate surface area is 122 Å². The van der Waals surface area contributed by atoms with E-state index in [-0.39, 0.29) is 11.5 Å². The van der Waals surface area contributed by atoms with Crippen molar-refractivity contribution in [2.24, 2.45) is 0 Å². The number of hydrogen-bond donors (Lipinski definition) is 0. The average molecular weight is 282 g/mol. The lowest BCUT2D eigenvalue weighted by Crippen LogP contribution is -2.16. The van der Waals surface area contributed by atoms with Crippen LogP contribution in [0.25, 0.3) is 5.53 Å². The van der Waals surface area contributed by atoms with Crippen molar-refractivity contribution in [3.8, 4) is 11.5 Å². The molecule has 2 aromatic carbocycles. The molecule has 0 saturated heterocycles. The highest BCUT2D eigenvalue weighted by Gasteiger charge is 2.24. The molecule has 2 rings (SSSR count). The molecule has 0 saturated carbocycles. The van der Waals surface area contributed by atoms with Gasteiger partial charge in [-0.05, 0) is 48.5 Å². The summed E-state index contributed by atoms with van der Waals surface area (Å²) in [4.78, 5) is 15.5. The highest BCUT2D eigenvalue weighted by molar-refractivity contribution is 6.49. The first-order chi connectivity index (χ1) is 10.2. The highest BCUT2D eigenvalue weighted by atomic mass is 16.5. The highest BCUT2D eigenvalue weighted by Crippen LogP contribution is 2.16. The third-order valence-corrected chi connectivity index (χ3v) is 3.03. The Morgan fingerprint density at radius 3 is 1.67 bits per heavy atom. The Bertz CT molecular complexity index is 684. The molecule has 0 spiro atoms. The van der Waals surface area contributed by atoms with Gasteiger partial charge in [-0.1, -0.05) is 0 Å². The number of carbonyl (C=O) groups excluding carboxylic acids is 1. The van der Waals surface area contributed by atoms with Gasteiger partial charge in [0.25, 0.3) is 5.78 Å². The number of ether oxygens (including phenoxy) is 2. The number of carbonyl (C=O) groups is 1. The molecular weight excluding hydrogens is 268 g/mol. The van der Waals surface area contributed by atoms with E-state index in [4.69, 9.17) is 15.0 Å². The van der Waals surface area contributed by atoms with Gasteiger partial charge in [0.2, 0.25) is 0 Å².